The molecule has 3 rings (SSSR count). The molecule has 5 nitrogen and oxygen atoms in total. The molecule has 0 aliphatic carbocycles. The van der Waals surface area contributed by atoms with E-state index in [1.165, 1.54) is 16.5 Å². The van der Waals surface area contributed by atoms with Crippen LogP contribution in [0.3, 0.4) is 0 Å². The van der Waals surface area contributed by atoms with Crippen LogP contribution in [-0.4, -0.2) is 39.5 Å². The van der Waals surface area contributed by atoms with Gasteiger partial charge in [0.25, 0.3) is 0 Å². The minimum Gasteiger partial charge on any atom is -0.444 e. The Balaban J connectivity index is 1.69. The molecule has 0 spiro atoms. The molecule has 2 heterocycles. The molecule has 0 atom stereocenters. The summed E-state index contributed by atoms with van der Waals surface area (Å²) in [6.45, 7) is 11.4. The molecule has 1 saturated heterocycles. The van der Waals surface area contributed by atoms with Gasteiger partial charge in [-0.05, 0) is 59.1 Å². The van der Waals surface area contributed by atoms with Crippen LogP contribution in [-0.2, 0) is 4.74 Å². The van der Waals surface area contributed by atoms with Gasteiger partial charge < -0.3 is 9.64 Å². The summed E-state index contributed by atoms with van der Waals surface area (Å²) >= 11 is 0. The first-order valence-corrected chi connectivity index (χ1v) is 8.67. The first-order chi connectivity index (χ1) is 11.2. The molecule has 0 unspecified atom stereocenters. The normalized spacial score (nSPS) is 16.6. The van der Waals surface area contributed by atoms with Crippen molar-refractivity contribution in [1.29, 1.82) is 0 Å². The van der Waals surface area contributed by atoms with E-state index in [9.17, 15) is 4.79 Å². The molecule has 5 heteroatoms. The van der Waals surface area contributed by atoms with E-state index < -0.39 is 5.60 Å². The quantitative estimate of drug-likeness (QED) is 0.787. The number of piperidine rings is 1. The monoisotopic (exact) mass is 329 g/mol. The van der Waals surface area contributed by atoms with E-state index in [0.29, 0.717) is 19.1 Å². The summed E-state index contributed by atoms with van der Waals surface area (Å²) in [5, 5.41) is 5.98. The summed E-state index contributed by atoms with van der Waals surface area (Å²) in [4.78, 5) is 14.0. The van der Waals surface area contributed by atoms with Crippen molar-refractivity contribution < 1.29 is 9.53 Å². The molecule has 0 radical (unpaired) electrons. The molecular formula is C19H27N3O2. The lowest BCUT2D eigenvalue weighted by molar-refractivity contribution is 0.0185. The number of carbonyl (C=O) groups excluding carboxylic acids is 1. The molecule has 1 aromatic carbocycles. The Bertz CT molecular complexity index is 750. The summed E-state index contributed by atoms with van der Waals surface area (Å²) in [6, 6.07) is 4.70. The number of hydrogen-bond donors (Lipinski definition) is 0. The van der Waals surface area contributed by atoms with Gasteiger partial charge in [-0.2, -0.15) is 5.10 Å². The van der Waals surface area contributed by atoms with Gasteiger partial charge in [-0.3, -0.25) is 4.68 Å². The van der Waals surface area contributed by atoms with Crippen molar-refractivity contribution in [2.75, 3.05) is 13.1 Å². The molecule has 2 aromatic rings. The molecule has 130 valence electrons. The highest BCUT2D eigenvalue weighted by molar-refractivity contribution is 5.82. The van der Waals surface area contributed by atoms with Crippen LogP contribution in [0.25, 0.3) is 10.9 Å². The van der Waals surface area contributed by atoms with Gasteiger partial charge in [-0.15, -0.1) is 0 Å². The molecule has 0 bridgehead atoms. The highest BCUT2D eigenvalue weighted by atomic mass is 16.6. The molecule has 1 aliphatic heterocycles. The molecule has 0 saturated carbocycles. The van der Waals surface area contributed by atoms with Gasteiger partial charge in [0.05, 0.1) is 11.6 Å². The highest BCUT2D eigenvalue weighted by Crippen LogP contribution is 2.27. The third-order valence-corrected chi connectivity index (χ3v) is 4.45. The Morgan fingerprint density at radius 1 is 1.21 bits per heavy atom. The van der Waals surface area contributed by atoms with E-state index in [-0.39, 0.29) is 6.09 Å². The fourth-order valence-corrected chi connectivity index (χ4v) is 3.34. The second kappa shape index (κ2) is 6.11. The number of hydrogen-bond acceptors (Lipinski definition) is 3. The molecule has 0 N–H and O–H groups in total. The van der Waals surface area contributed by atoms with Gasteiger partial charge in [0, 0.05) is 24.7 Å². The number of carbonyl (C=O) groups is 1. The van der Waals surface area contributed by atoms with E-state index in [1.807, 2.05) is 20.8 Å². The number of amides is 1. The highest BCUT2D eigenvalue weighted by Gasteiger charge is 2.28. The van der Waals surface area contributed by atoms with E-state index in [1.54, 1.807) is 4.90 Å². The van der Waals surface area contributed by atoms with Crippen LogP contribution < -0.4 is 0 Å². The van der Waals surface area contributed by atoms with Crippen molar-refractivity contribution >= 4 is 17.0 Å². The molecule has 1 aliphatic rings. The smallest absolute Gasteiger partial charge is 0.410 e. The standard InChI is InChI=1S/C19H27N3O2/c1-13-10-14(2)17-15(11-13)12-22(20-17)16-6-8-21(9-7-16)18(23)24-19(3,4)5/h10-12,16H,6-9H2,1-5H3. The summed E-state index contributed by atoms with van der Waals surface area (Å²) < 4.78 is 7.55. The van der Waals surface area contributed by atoms with Crippen LogP contribution >= 0.6 is 0 Å². The fraction of sp³-hybridized carbons (Fsp3) is 0.579. The van der Waals surface area contributed by atoms with Crippen LogP contribution in [0.1, 0.15) is 50.8 Å². The number of ether oxygens (including phenoxy) is 1. The predicted octanol–water partition coefficient (Wildman–Crippen LogP) is 4.23. The van der Waals surface area contributed by atoms with E-state index >= 15 is 0 Å². The average Bonchev–Trinajstić information content (AvgIpc) is 2.90. The molecular weight excluding hydrogens is 302 g/mol. The summed E-state index contributed by atoms with van der Waals surface area (Å²) in [5.74, 6) is 0. The third kappa shape index (κ3) is 3.55. The van der Waals surface area contributed by atoms with Crippen molar-refractivity contribution in [1.82, 2.24) is 14.7 Å². The minimum absolute atomic E-state index is 0.210. The van der Waals surface area contributed by atoms with Crippen LogP contribution in [0.4, 0.5) is 4.79 Å². The van der Waals surface area contributed by atoms with Crippen LogP contribution in [0.2, 0.25) is 0 Å². The van der Waals surface area contributed by atoms with E-state index in [4.69, 9.17) is 9.84 Å². The summed E-state index contributed by atoms with van der Waals surface area (Å²) in [5.41, 5.74) is 3.12. The maximum atomic E-state index is 12.2. The maximum absolute atomic E-state index is 12.2. The molecule has 24 heavy (non-hydrogen) atoms. The van der Waals surface area contributed by atoms with Crippen LogP contribution in [0.5, 0.6) is 0 Å². The maximum Gasteiger partial charge on any atom is 0.410 e. The van der Waals surface area contributed by atoms with Crippen molar-refractivity contribution in [3.05, 3.63) is 29.5 Å². The Morgan fingerprint density at radius 3 is 2.50 bits per heavy atom. The summed E-state index contributed by atoms with van der Waals surface area (Å²) in [6.07, 6.45) is 3.75. The number of aromatic nitrogens is 2. The van der Waals surface area contributed by atoms with Crippen molar-refractivity contribution in [3.63, 3.8) is 0 Å². The number of benzene rings is 1. The molecule has 1 aromatic heterocycles. The number of likely N-dealkylation sites (tertiary alicyclic amines) is 1. The summed E-state index contributed by atoms with van der Waals surface area (Å²) in [7, 11) is 0. The zero-order valence-corrected chi connectivity index (χ0v) is 15.3. The molecule has 1 fully saturated rings. The zero-order valence-electron chi connectivity index (χ0n) is 15.3. The zero-order chi connectivity index (χ0) is 17.5. The van der Waals surface area contributed by atoms with Crippen molar-refractivity contribution in [2.24, 2.45) is 0 Å². The van der Waals surface area contributed by atoms with Crippen molar-refractivity contribution in [2.45, 2.75) is 59.1 Å². The lowest BCUT2D eigenvalue weighted by Gasteiger charge is -2.33. The SMILES string of the molecule is Cc1cc(C)c2nn(C3CCN(C(=O)OC(C)(C)C)CC3)cc2c1. The minimum atomic E-state index is -0.441. The lowest BCUT2D eigenvalue weighted by Crippen LogP contribution is -2.42. The number of nitrogens with zero attached hydrogens (tertiary/aromatic N) is 3. The van der Waals surface area contributed by atoms with Crippen LogP contribution in [0.15, 0.2) is 18.3 Å². The van der Waals surface area contributed by atoms with Gasteiger partial charge in [0.1, 0.15) is 5.60 Å². The van der Waals surface area contributed by atoms with Crippen LogP contribution in [0, 0.1) is 13.8 Å². The number of aryl methyl sites for hydroxylation is 2. The lowest BCUT2D eigenvalue weighted by atomic mass is 10.1. The fourth-order valence-electron chi connectivity index (χ4n) is 3.34. The van der Waals surface area contributed by atoms with Gasteiger partial charge in [-0.25, -0.2) is 4.79 Å². The van der Waals surface area contributed by atoms with E-state index in [0.717, 1.165) is 18.4 Å². The van der Waals surface area contributed by atoms with Crippen molar-refractivity contribution in [3.8, 4) is 0 Å². The second-order valence-electron chi connectivity index (χ2n) is 7.83. The Labute approximate surface area is 143 Å². The Hall–Kier alpha value is -2.04. The number of fused-ring (bicyclic) bond motifs is 1. The number of rotatable bonds is 1. The largest absolute Gasteiger partial charge is 0.444 e. The van der Waals surface area contributed by atoms with Gasteiger partial charge in [0.15, 0.2) is 0 Å². The average molecular weight is 329 g/mol. The third-order valence-electron chi connectivity index (χ3n) is 4.45. The Morgan fingerprint density at radius 2 is 1.88 bits per heavy atom. The van der Waals surface area contributed by atoms with Gasteiger partial charge >= 0.3 is 6.09 Å². The first-order valence-electron chi connectivity index (χ1n) is 8.67. The van der Waals surface area contributed by atoms with E-state index in [2.05, 4.69) is 36.9 Å². The topological polar surface area (TPSA) is 47.4 Å². The van der Waals surface area contributed by atoms with Gasteiger partial charge in [0.2, 0.25) is 0 Å². The predicted molar refractivity (Wildman–Crippen MR) is 95.3 cm³/mol. The Kier molecular flexibility index (Phi) is 4.28. The molecule has 1 amide bonds. The first kappa shape index (κ1) is 16.8. The van der Waals surface area contributed by atoms with Gasteiger partial charge in [-0.1, -0.05) is 11.6 Å². The second-order valence-corrected chi connectivity index (χ2v) is 7.83.